The van der Waals surface area contributed by atoms with Gasteiger partial charge >= 0.3 is 0 Å². The topological polar surface area (TPSA) is 26.3 Å². The maximum absolute atomic E-state index is 11.3. The lowest BCUT2D eigenvalue weighted by Crippen LogP contribution is -2.55. The number of hydrogen-bond acceptors (Lipinski definition) is 2. The lowest BCUT2D eigenvalue weighted by Gasteiger charge is -2.44. The maximum atomic E-state index is 11.3. The molecule has 0 radical (unpaired) electrons. The molecular formula is C12H14O2. The van der Waals surface area contributed by atoms with Crippen LogP contribution in [0.2, 0.25) is 0 Å². The summed E-state index contributed by atoms with van der Waals surface area (Å²) in [6, 6.07) is 10.1. The normalized spacial score (nSPS) is 31.3. The summed E-state index contributed by atoms with van der Waals surface area (Å²) in [6.45, 7) is 2.08. The van der Waals surface area contributed by atoms with Crippen LogP contribution in [0.1, 0.15) is 18.9 Å². The van der Waals surface area contributed by atoms with Crippen LogP contribution in [0.4, 0.5) is 0 Å². The van der Waals surface area contributed by atoms with E-state index in [1.807, 2.05) is 18.2 Å². The Balaban J connectivity index is 2.31. The highest BCUT2D eigenvalue weighted by molar-refractivity contribution is 5.93. The van der Waals surface area contributed by atoms with Gasteiger partial charge in [0.15, 0.2) is 5.78 Å². The standard InChI is InChI=1S/C12H14O2/c1-12(8-10(13)11(12)14-2)9-6-4-3-5-7-9/h3-7,11H,8H2,1-2H3/t11-,12+/m0/s1. The number of rotatable bonds is 2. The number of benzene rings is 1. The van der Waals surface area contributed by atoms with Crippen molar-refractivity contribution in [1.82, 2.24) is 0 Å². The van der Waals surface area contributed by atoms with E-state index < -0.39 is 0 Å². The molecule has 0 aliphatic heterocycles. The first-order chi connectivity index (χ1) is 6.68. The van der Waals surface area contributed by atoms with E-state index in [0.717, 1.165) is 0 Å². The van der Waals surface area contributed by atoms with E-state index in [4.69, 9.17) is 4.74 Å². The molecule has 0 unspecified atom stereocenters. The van der Waals surface area contributed by atoms with Gasteiger partial charge in [0.25, 0.3) is 0 Å². The van der Waals surface area contributed by atoms with Gasteiger partial charge < -0.3 is 4.74 Å². The zero-order chi connectivity index (χ0) is 10.2. The fourth-order valence-electron chi connectivity index (χ4n) is 2.24. The highest BCUT2D eigenvalue weighted by Crippen LogP contribution is 2.42. The number of hydrogen-bond donors (Lipinski definition) is 0. The number of carbonyl (C=O) groups is 1. The van der Waals surface area contributed by atoms with E-state index in [1.54, 1.807) is 7.11 Å². The highest BCUT2D eigenvalue weighted by Gasteiger charge is 2.51. The van der Waals surface area contributed by atoms with Gasteiger partial charge in [0.05, 0.1) is 0 Å². The fraction of sp³-hybridized carbons (Fsp3) is 0.417. The SMILES string of the molecule is CO[C@H]1C(=O)C[C@]1(C)c1ccccc1. The Kier molecular flexibility index (Phi) is 2.16. The van der Waals surface area contributed by atoms with Crippen LogP contribution in [0.3, 0.4) is 0 Å². The molecule has 14 heavy (non-hydrogen) atoms. The molecule has 0 bridgehead atoms. The third-order valence-corrected chi connectivity index (χ3v) is 3.08. The van der Waals surface area contributed by atoms with Crippen LogP contribution < -0.4 is 0 Å². The van der Waals surface area contributed by atoms with Gasteiger partial charge in [-0.25, -0.2) is 0 Å². The number of carbonyl (C=O) groups excluding carboxylic acids is 1. The molecule has 1 aliphatic rings. The van der Waals surface area contributed by atoms with Crippen LogP contribution in [0, 0.1) is 0 Å². The van der Waals surface area contributed by atoms with Gasteiger partial charge in [-0.3, -0.25) is 4.79 Å². The number of methoxy groups -OCH3 is 1. The summed E-state index contributed by atoms with van der Waals surface area (Å²) >= 11 is 0. The third kappa shape index (κ3) is 1.18. The Morgan fingerprint density at radius 3 is 2.50 bits per heavy atom. The van der Waals surface area contributed by atoms with E-state index in [-0.39, 0.29) is 17.3 Å². The summed E-state index contributed by atoms with van der Waals surface area (Å²) in [5.74, 6) is 0.207. The van der Waals surface area contributed by atoms with Crippen molar-refractivity contribution in [3.05, 3.63) is 35.9 Å². The first-order valence-corrected chi connectivity index (χ1v) is 4.79. The average molecular weight is 190 g/mol. The van der Waals surface area contributed by atoms with Gasteiger partial charge in [0, 0.05) is 18.9 Å². The number of ether oxygens (including phenoxy) is 1. The van der Waals surface area contributed by atoms with Crippen LogP contribution in [0.25, 0.3) is 0 Å². The fourth-order valence-corrected chi connectivity index (χ4v) is 2.24. The van der Waals surface area contributed by atoms with E-state index >= 15 is 0 Å². The minimum absolute atomic E-state index is 0.118. The molecule has 1 aromatic carbocycles. The Morgan fingerprint density at radius 2 is 2.00 bits per heavy atom. The van der Waals surface area contributed by atoms with Gasteiger partial charge in [-0.05, 0) is 5.56 Å². The summed E-state index contributed by atoms with van der Waals surface area (Å²) < 4.78 is 5.22. The quantitative estimate of drug-likeness (QED) is 0.712. The molecule has 0 heterocycles. The molecule has 2 rings (SSSR count). The molecule has 2 heteroatoms. The van der Waals surface area contributed by atoms with Crippen LogP contribution in [-0.4, -0.2) is 19.0 Å². The molecule has 0 N–H and O–H groups in total. The van der Waals surface area contributed by atoms with Gasteiger partial charge in [0.1, 0.15) is 6.10 Å². The first kappa shape index (κ1) is 9.41. The average Bonchev–Trinajstić information content (AvgIpc) is 2.19. The Hall–Kier alpha value is -1.15. The van der Waals surface area contributed by atoms with Crippen LogP contribution in [0.5, 0.6) is 0 Å². The smallest absolute Gasteiger partial charge is 0.163 e. The first-order valence-electron chi connectivity index (χ1n) is 4.79. The minimum atomic E-state index is -0.259. The van der Waals surface area contributed by atoms with Crippen molar-refractivity contribution in [2.24, 2.45) is 0 Å². The minimum Gasteiger partial charge on any atom is -0.373 e. The van der Waals surface area contributed by atoms with Crippen molar-refractivity contribution in [3.8, 4) is 0 Å². The van der Waals surface area contributed by atoms with Crippen molar-refractivity contribution >= 4 is 5.78 Å². The Bertz CT molecular complexity index is 345. The molecule has 1 aromatic rings. The lowest BCUT2D eigenvalue weighted by atomic mass is 9.62. The van der Waals surface area contributed by atoms with E-state index in [1.165, 1.54) is 5.56 Å². The monoisotopic (exact) mass is 190 g/mol. The second kappa shape index (κ2) is 3.21. The number of ketones is 1. The van der Waals surface area contributed by atoms with Crippen molar-refractivity contribution in [3.63, 3.8) is 0 Å². The molecular weight excluding hydrogens is 176 g/mol. The molecule has 1 aliphatic carbocycles. The Morgan fingerprint density at radius 1 is 1.36 bits per heavy atom. The van der Waals surface area contributed by atoms with Gasteiger partial charge in [-0.15, -0.1) is 0 Å². The van der Waals surface area contributed by atoms with Crippen LogP contribution >= 0.6 is 0 Å². The summed E-state index contributed by atoms with van der Waals surface area (Å²) in [5, 5.41) is 0. The summed E-state index contributed by atoms with van der Waals surface area (Å²) in [6.07, 6.45) is 0.333. The van der Waals surface area contributed by atoms with Crippen molar-refractivity contribution in [2.45, 2.75) is 24.9 Å². The maximum Gasteiger partial charge on any atom is 0.163 e. The summed E-state index contributed by atoms with van der Waals surface area (Å²) in [4.78, 5) is 11.3. The Labute approximate surface area is 83.9 Å². The van der Waals surface area contributed by atoms with Crippen LogP contribution in [-0.2, 0) is 14.9 Å². The third-order valence-electron chi connectivity index (χ3n) is 3.08. The van der Waals surface area contributed by atoms with Gasteiger partial charge in [-0.2, -0.15) is 0 Å². The molecule has 0 spiro atoms. The molecule has 0 aromatic heterocycles. The van der Waals surface area contributed by atoms with Crippen molar-refractivity contribution in [1.29, 1.82) is 0 Å². The van der Waals surface area contributed by atoms with E-state index in [2.05, 4.69) is 19.1 Å². The largest absolute Gasteiger partial charge is 0.373 e. The molecule has 2 nitrogen and oxygen atoms in total. The predicted molar refractivity (Wildman–Crippen MR) is 54.2 cm³/mol. The van der Waals surface area contributed by atoms with E-state index in [9.17, 15) is 4.79 Å². The molecule has 0 saturated heterocycles. The lowest BCUT2D eigenvalue weighted by molar-refractivity contribution is -0.147. The number of Topliss-reactive ketones (excluding diaryl/α,β-unsaturated/α-hetero) is 1. The zero-order valence-electron chi connectivity index (χ0n) is 8.49. The van der Waals surface area contributed by atoms with Crippen LogP contribution in [0.15, 0.2) is 30.3 Å². The summed E-state index contributed by atoms with van der Waals surface area (Å²) in [5.41, 5.74) is 1.07. The zero-order valence-corrected chi connectivity index (χ0v) is 8.49. The molecule has 0 amide bonds. The molecule has 1 saturated carbocycles. The molecule has 74 valence electrons. The second-order valence-electron chi connectivity index (χ2n) is 4.04. The van der Waals surface area contributed by atoms with E-state index in [0.29, 0.717) is 6.42 Å². The highest BCUT2D eigenvalue weighted by atomic mass is 16.5. The second-order valence-corrected chi connectivity index (χ2v) is 4.04. The predicted octanol–water partition coefficient (Wildman–Crippen LogP) is 1.93. The van der Waals surface area contributed by atoms with Gasteiger partial charge in [-0.1, -0.05) is 37.3 Å². The van der Waals surface area contributed by atoms with Crippen molar-refractivity contribution in [2.75, 3.05) is 7.11 Å². The van der Waals surface area contributed by atoms with Gasteiger partial charge in [0.2, 0.25) is 0 Å². The molecule has 1 fully saturated rings. The summed E-state index contributed by atoms with van der Waals surface area (Å²) in [7, 11) is 1.60. The molecule has 2 atom stereocenters. The van der Waals surface area contributed by atoms with Crippen molar-refractivity contribution < 1.29 is 9.53 Å².